The number of anilines is 2. The van der Waals surface area contributed by atoms with Crippen molar-refractivity contribution in [3.63, 3.8) is 0 Å². The van der Waals surface area contributed by atoms with Crippen LogP contribution in [0, 0.1) is 6.92 Å². The van der Waals surface area contributed by atoms with Crippen LogP contribution in [0.1, 0.15) is 30.7 Å². The van der Waals surface area contributed by atoms with Gasteiger partial charge in [-0.3, -0.25) is 0 Å². The van der Waals surface area contributed by atoms with Gasteiger partial charge in [0.05, 0.1) is 0 Å². The van der Waals surface area contributed by atoms with Crippen molar-refractivity contribution in [1.29, 1.82) is 0 Å². The molecule has 2 N–H and O–H groups in total. The van der Waals surface area contributed by atoms with E-state index >= 15 is 0 Å². The third kappa shape index (κ3) is 4.02. The Balaban J connectivity index is 1.40. The number of piperidine rings is 1. The van der Waals surface area contributed by atoms with Gasteiger partial charge in [0.25, 0.3) is 0 Å². The lowest BCUT2D eigenvalue weighted by Gasteiger charge is -2.29. The highest BCUT2D eigenvalue weighted by Crippen LogP contribution is 2.22. The molecule has 1 saturated heterocycles. The molecule has 27 heavy (non-hydrogen) atoms. The van der Waals surface area contributed by atoms with Gasteiger partial charge in [-0.1, -0.05) is 6.07 Å². The second kappa shape index (κ2) is 7.65. The van der Waals surface area contributed by atoms with Crippen LogP contribution in [-0.2, 0) is 6.54 Å². The first-order valence-corrected chi connectivity index (χ1v) is 9.30. The van der Waals surface area contributed by atoms with E-state index in [0.29, 0.717) is 23.7 Å². The van der Waals surface area contributed by atoms with Crippen molar-refractivity contribution in [2.45, 2.75) is 32.7 Å². The Morgan fingerprint density at radius 3 is 2.93 bits per heavy atom. The molecule has 1 aromatic carbocycles. The van der Waals surface area contributed by atoms with Gasteiger partial charge in [-0.2, -0.15) is 0 Å². The molecule has 0 radical (unpaired) electrons. The summed E-state index contributed by atoms with van der Waals surface area (Å²) in [4.78, 5) is 23.4. The maximum Gasteiger partial charge on any atom is 0.319 e. The molecule has 7 heteroatoms. The molecular weight excluding hydrogens is 342 g/mol. The van der Waals surface area contributed by atoms with Crippen LogP contribution in [0.25, 0.3) is 11.1 Å². The average Bonchev–Trinajstić information content (AvgIpc) is 3.06. The van der Waals surface area contributed by atoms with Crippen molar-refractivity contribution < 1.29 is 9.21 Å². The summed E-state index contributed by atoms with van der Waals surface area (Å²) in [5.41, 5.74) is 3.12. The number of nitrogens with one attached hydrogen (secondary N) is 2. The third-order valence-electron chi connectivity index (χ3n) is 4.72. The van der Waals surface area contributed by atoms with E-state index in [9.17, 15) is 4.79 Å². The lowest BCUT2D eigenvalue weighted by atomic mass is 10.1. The zero-order valence-corrected chi connectivity index (χ0v) is 15.4. The molecule has 140 valence electrons. The molecule has 0 aliphatic carbocycles. The van der Waals surface area contributed by atoms with Crippen LogP contribution in [0.3, 0.4) is 0 Å². The number of benzene rings is 1. The SMILES string of the molecule is Cc1nc2ccc(NC(=O)NCc3cccnc3N3CCCCC3)cc2o1. The van der Waals surface area contributed by atoms with E-state index in [2.05, 4.69) is 25.5 Å². The summed E-state index contributed by atoms with van der Waals surface area (Å²) in [5.74, 6) is 1.57. The van der Waals surface area contributed by atoms with Crippen molar-refractivity contribution in [2.24, 2.45) is 0 Å². The Morgan fingerprint density at radius 1 is 1.22 bits per heavy atom. The van der Waals surface area contributed by atoms with Crippen molar-refractivity contribution in [1.82, 2.24) is 15.3 Å². The first-order chi connectivity index (χ1) is 13.2. The predicted molar refractivity (Wildman–Crippen MR) is 105 cm³/mol. The Labute approximate surface area is 157 Å². The molecule has 4 rings (SSSR count). The summed E-state index contributed by atoms with van der Waals surface area (Å²) < 4.78 is 5.51. The maximum absolute atomic E-state index is 12.3. The van der Waals surface area contributed by atoms with Crippen molar-refractivity contribution >= 4 is 28.6 Å². The summed E-state index contributed by atoms with van der Waals surface area (Å²) in [6.45, 7) is 4.27. The van der Waals surface area contributed by atoms with Crippen LogP contribution in [0.15, 0.2) is 40.9 Å². The van der Waals surface area contributed by atoms with Gasteiger partial charge in [0.2, 0.25) is 0 Å². The number of rotatable bonds is 4. The number of hydrogen-bond acceptors (Lipinski definition) is 5. The first kappa shape index (κ1) is 17.3. The number of pyridine rings is 1. The predicted octanol–water partition coefficient (Wildman–Crippen LogP) is 3.84. The summed E-state index contributed by atoms with van der Waals surface area (Å²) >= 11 is 0. The minimum atomic E-state index is -0.265. The minimum absolute atomic E-state index is 0.265. The highest BCUT2D eigenvalue weighted by molar-refractivity contribution is 5.91. The summed E-state index contributed by atoms with van der Waals surface area (Å²) in [5, 5.41) is 5.76. The van der Waals surface area contributed by atoms with Crippen LogP contribution in [0.5, 0.6) is 0 Å². The third-order valence-corrected chi connectivity index (χ3v) is 4.72. The molecule has 2 amide bonds. The fourth-order valence-corrected chi connectivity index (χ4v) is 3.43. The molecule has 0 spiro atoms. The quantitative estimate of drug-likeness (QED) is 0.734. The number of aromatic nitrogens is 2. The van der Waals surface area contributed by atoms with Gasteiger partial charge in [0, 0.05) is 50.1 Å². The topological polar surface area (TPSA) is 83.3 Å². The van der Waals surface area contributed by atoms with Gasteiger partial charge in [-0.25, -0.2) is 14.8 Å². The first-order valence-electron chi connectivity index (χ1n) is 9.30. The van der Waals surface area contributed by atoms with Gasteiger partial charge in [-0.15, -0.1) is 0 Å². The van der Waals surface area contributed by atoms with Crippen molar-refractivity contribution in [2.75, 3.05) is 23.3 Å². The molecule has 1 aliphatic rings. The average molecular weight is 365 g/mol. The van der Waals surface area contributed by atoms with E-state index in [-0.39, 0.29) is 6.03 Å². The Morgan fingerprint density at radius 2 is 2.07 bits per heavy atom. The molecule has 1 aliphatic heterocycles. The van der Waals surface area contributed by atoms with E-state index < -0.39 is 0 Å². The smallest absolute Gasteiger partial charge is 0.319 e. The standard InChI is InChI=1S/C20H23N5O2/c1-14-23-17-8-7-16(12-18(17)27-14)24-20(26)22-13-15-6-5-9-21-19(15)25-10-3-2-4-11-25/h5-9,12H,2-4,10-11,13H2,1H3,(H2,22,24,26). The molecule has 0 atom stereocenters. The highest BCUT2D eigenvalue weighted by Gasteiger charge is 2.16. The second-order valence-electron chi connectivity index (χ2n) is 6.76. The van der Waals surface area contributed by atoms with E-state index in [1.165, 1.54) is 19.3 Å². The highest BCUT2D eigenvalue weighted by atomic mass is 16.3. The zero-order valence-electron chi connectivity index (χ0n) is 15.4. The minimum Gasteiger partial charge on any atom is -0.441 e. The zero-order chi connectivity index (χ0) is 18.6. The lowest BCUT2D eigenvalue weighted by Crippen LogP contribution is -2.33. The fourth-order valence-electron chi connectivity index (χ4n) is 3.43. The van der Waals surface area contributed by atoms with Gasteiger partial charge < -0.3 is 20.0 Å². The normalized spacial score (nSPS) is 14.3. The van der Waals surface area contributed by atoms with Crippen molar-refractivity contribution in [3.05, 3.63) is 48.0 Å². The van der Waals surface area contributed by atoms with Crippen molar-refractivity contribution in [3.8, 4) is 0 Å². The summed E-state index contributed by atoms with van der Waals surface area (Å²) in [6.07, 6.45) is 5.46. The monoisotopic (exact) mass is 365 g/mol. The maximum atomic E-state index is 12.3. The Hall–Kier alpha value is -3.09. The number of oxazole rings is 1. The molecule has 0 saturated carbocycles. The largest absolute Gasteiger partial charge is 0.441 e. The number of aryl methyl sites for hydroxylation is 1. The van der Waals surface area contributed by atoms with Crippen LogP contribution in [0.4, 0.5) is 16.3 Å². The Bertz CT molecular complexity index is 946. The number of nitrogens with zero attached hydrogens (tertiary/aromatic N) is 3. The number of urea groups is 1. The van der Waals surface area contributed by atoms with Crippen LogP contribution < -0.4 is 15.5 Å². The molecular formula is C20H23N5O2. The lowest BCUT2D eigenvalue weighted by molar-refractivity contribution is 0.251. The van der Waals surface area contributed by atoms with Gasteiger partial charge in [-0.05, 0) is 37.5 Å². The Kier molecular flexibility index (Phi) is 4.91. The molecule has 3 aromatic rings. The molecule has 7 nitrogen and oxygen atoms in total. The number of hydrogen-bond donors (Lipinski definition) is 2. The van der Waals surface area contributed by atoms with Gasteiger partial charge in [0.1, 0.15) is 11.3 Å². The molecule has 1 fully saturated rings. The fraction of sp³-hybridized carbons (Fsp3) is 0.350. The van der Waals surface area contributed by atoms with Crippen LogP contribution in [-0.4, -0.2) is 29.1 Å². The molecule has 3 heterocycles. The van der Waals surface area contributed by atoms with Gasteiger partial charge >= 0.3 is 6.03 Å². The number of carbonyl (C=O) groups excluding carboxylic acids is 1. The van der Waals surface area contributed by atoms with Crippen LogP contribution >= 0.6 is 0 Å². The summed E-state index contributed by atoms with van der Waals surface area (Å²) in [7, 11) is 0. The molecule has 2 aromatic heterocycles. The summed E-state index contributed by atoms with van der Waals surface area (Å²) in [6, 6.07) is 9.07. The molecule has 0 bridgehead atoms. The van der Waals surface area contributed by atoms with E-state index in [1.54, 1.807) is 13.0 Å². The van der Waals surface area contributed by atoms with Gasteiger partial charge in [0.15, 0.2) is 11.5 Å². The van der Waals surface area contributed by atoms with E-state index in [1.807, 2.05) is 30.5 Å². The molecule has 0 unspecified atom stereocenters. The van der Waals surface area contributed by atoms with E-state index in [0.717, 1.165) is 30.0 Å². The van der Waals surface area contributed by atoms with E-state index in [4.69, 9.17) is 4.42 Å². The van der Waals surface area contributed by atoms with Crippen LogP contribution in [0.2, 0.25) is 0 Å². The second-order valence-corrected chi connectivity index (χ2v) is 6.76. The number of carbonyl (C=O) groups is 1. The number of fused-ring (bicyclic) bond motifs is 1. The number of amides is 2.